The number of carbonyl (C=O) groups is 1. The number of methoxy groups -OCH3 is 1. The van der Waals surface area contributed by atoms with Crippen LogP contribution in [0, 0.1) is 6.92 Å². The average molecular weight is 294 g/mol. The molecule has 0 radical (unpaired) electrons. The summed E-state index contributed by atoms with van der Waals surface area (Å²) in [5.74, 6) is 0.753. The molecule has 118 valence electrons. The summed E-state index contributed by atoms with van der Waals surface area (Å²) in [5.41, 5.74) is 0.840. The summed E-state index contributed by atoms with van der Waals surface area (Å²) in [7, 11) is 1.37. The molecule has 0 aliphatic carbocycles. The highest BCUT2D eigenvalue weighted by atomic mass is 16.5. The first-order valence-electron chi connectivity index (χ1n) is 7.74. The van der Waals surface area contributed by atoms with Crippen LogP contribution in [-0.2, 0) is 11.3 Å². The third-order valence-corrected chi connectivity index (χ3v) is 4.28. The molecule has 1 aliphatic heterocycles. The molecule has 2 unspecified atom stereocenters. The van der Waals surface area contributed by atoms with Gasteiger partial charge in [-0.15, -0.1) is 0 Å². The van der Waals surface area contributed by atoms with Crippen molar-refractivity contribution in [2.75, 3.05) is 20.2 Å². The summed E-state index contributed by atoms with van der Waals surface area (Å²) >= 11 is 0. The first kappa shape index (κ1) is 16.0. The summed E-state index contributed by atoms with van der Waals surface area (Å²) in [6.07, 6.45) is 2.23. The molecule has 1 fully saturated rings. The lowest BCUT2D eigenvalue weighted by molar-refractivity contribution is 0.0555. The Hall–Kier alpha value is -1.33. The third kappa shape index (κ3) is 3.66. The van der Waals surface area contributed by atoms with E-state index in [1.54, 1.807) is 0 Å². The second-order valence-electron chi connectivity index (χ2n) is 5.72. The van der Waals surface area contributed by atoms with Crippen LogP contribution in [0.15, 0.2) is 10.5 Å². The average Bonchev–Trinajstić information content (AvgIpc) is 2.86. The lowest BCUT2D eigenvalue weighted by Crippen LogP contribution is -2.55. The van der Waals surface area contributed by atoms with Gasteiger partial charge < -0.3 is 14.5 Å². The number of ether oxygens (including phenoxy) is 1. The van der Waals surface area contributed by atoms with Crippen LogP contribution >= 0.6 is 0 Å². The quantitative estimate of drug-likeness (QED) is 0.845. The first-order valence-corrected chi connectivity index (χ1v) is 7.74. The van der Waals surface area contributed by atoms with Crippen LogP contribution < -0.4 is 5.32 Å². The summed E-state index contributed by atoms with van der Waals surface area (Å²) in [4.78, 5) is 14.1. The second kappa shape index (κ2) is 7.09. The summed E-state index contributed by atoms with van der Waals surface area (Å²) in [6, 6.07) is 2.99. The van der Waals surface area contributed by atoms with E-state index in [4.69, 9.17) is 9.15 Å². The molecular formula is C16H26N2O3. The molecule has 0 saturated carbocycles. The Labute approximate surface area is 126 Å². The molecule has 0 bridgehead atoms. The topological polar surface area (TPSA) is 54.7 Å². The number of aryl methyl sites for hydroxylation is 1. The Balaban J connectivity index is 2.10. The van der Waals surface area contributed by atoms with E-state index < -0.39 is 5.97 Å². The highest BCUT2D eigenvalue weighted by molar-refractivity contribution is 5.87. The van der Waals surface area contributed by atoms with Crippen LogP contribution in [0.1, 0.15) is 48.6 Å². The SMILES string of the molecule is CCC1CN(Cc2cc(C)c(C(=O)OC)o2)C(CC)CN1. The molecule has 0 aromatic carbocycles. The zero-order valence-corrected chi connectivity index (χ0v) is 13.4. The maximum Gasteiger partial charge on any atom is 0.374 e. The van der Waals surface area contributed by atoms with Gasteiger partial charge in [-0.25, -0.2) is 4.79 Å². The van der Waals surface area contributed by atoms with Gasteiger partial charge in [-0.2, -0.15) is 0 Å². The molecule has 5 heteroatoms. The minimum atomic E-state index is -0.405. The number of carbonyl (C=O) groups excluding carboxylic acids is 1. The van der Waals surface area contributed by atoms with E-state index in [0.717, 1.165) is 43.8 Å². The standard InChI is InChI=1S/C16H26N2O3/c1-5-12-9-18(13(6-2)8-17-12)10-14-7-11(3)15(21-14)16(19)20-4/h7,12-13,17H,5-6,8-10H2,1-4H3. The number of esters is 1. The monoisotopic (exact) mass is 294 g/mol. The van der Waals surface area contributed by atoms with Crippen molar-refractivity contribution in [1.29, 1.82) is 0 Å². The van der Waals surface area contributed by atoms with Crippen molar-refractivity contribution in [3.63, 3.8) is 0 Å². The Morgan fingerprint density at radius 3 is 2.86 bits per heavy atom. The van der Waals surface area contributed by atoms with E-state index in [0.29, 0.717) is 17.8 Å². The van der Waals surface area contributed by atoms with Crippen molar-refractivity contribution in [1.82, 2.24) is 10.2 Å². The molecule has 21 heavy (non-hydrogen) atoms. The predicted molar refractivity (Wildman–Crippen MR) is 81.4 cm³/mol. The van der Waals surface area contributed by atoms with Crippen molar-refractivity contribution in [3.05, 3.63) is 23.2 Å². The Kier molecular flexibility index (Phi) is 5.42. The van der Waals surface area contributed by atoms with Crippen molar-refractivity contribution in [2.45, 2.75) is 52.2 Å². The van der Waals surface area contributed by atoms with E-state index >= 15 is 0 Å². The number of nitrogens with zero attached hydrogens (tertiary/aromatic N) is 1. The maximum absolute atomic E-state index is 11.6. The van der Waals surface area contributed by atoms with Gasteiger partial charge in [0.25, 0.3) is 0 Å². The molecule has 1 saturated heterocycles. The highest BCUT2D eigenvalue weighted by Gasteiger charge is 2.27. The molecule has 1 aliphatic rings. The number of hydrogen-bond donors (Lipinski definition) is 1. The fourth-order valence-corrected chi connectivity index (χ4v) is 2.92. The number of furan rings is 1. The zero-order valence-electron chi connectivity index (χ0n) is 13.4. The second-order valence-corrected chi connectivity index (χ2v) is 5.72. The Bertz CT molecular complexity index is 484. The van der Waals surface area contributed by atoms with Crippen molar-refractivity contribution in [2.24, 2.45) is 0 Å². The first-order chi connectivity index (χ1) is 10.1. The fourth-order valence-electron chi connectivity index (χ4n) is 2.92. The van der Waals surface area contributed by atoms with E-state index in [9.17, 15) is 4.79 Å². The van der Waals surface area contributed by atoms with Crippen LogP contribution in [0.2, 0.25) is 0 Å². The van der Waals surface area contributed by atoms with Gasteiger partial charge >= 0.3 is 5.97 Å². The van der Waals surface area contributed by atoms with E-state index in [2.05, 4.69) is 24.1 Å². The van der Waals surface area contributed by atoms with Gasteiger partial charge in [0.2, 0.25) is 5.76 Å². The zero-order chi connectivity index (χ0) is 15.4. The van der Waals surface area contributed by atoms with Gasteiger partial charge in [0.1, 0.15) is 5.76 Å². The number of piperazine rings is 1. The minimum absolute atomic E-state index is 0.322. The van der Waals surface area contributed by atoms with Crippen molar-refractivity contribution < 1.29 is 13.9 Å². The van der Waals surface area contributed by atoms with Crippen LogP contribution in [0.4, 0.5) is 0 Å². The molecule has 1 N–H and O–H groups in total. The van der Waals surface area contributed by atoms with Gasteiger partial charge in [-0.1, -0.05) is 13.8 Å². The van der Waals surface area contributed by atoms with Gasteiger partial charge in [0, 0.05) is 30.7 Å². The van der Waals surface area contributed by atoms with Crippen LogP contribution in [0.5, 0.6) is 0 Å². The molecule has 1 aromatic heterocycles. The lowest BCUT2D eigenvalue weighted by Gasteiger charge is -2.39. The van der Waals surface area contributed by atoms with Gasteiger partial charge in [0.05, 0.1) is 13.7 Å². The third-order valence-electron chi connectivity index (χ3n) is 4.28. The van der Waals surface area contributed by atoms with E-state index in [1.165, 1.54) is 7.11 Å². The molecular weight excluding hydrogens is 268 g/mol. The normalized spacial score (nSPS) is 23.2. The molecule has 2 atom stereocenters. The molecule has 5 nitrogen and oxygen atoms in total. The molecule has 1 aromatic rings. The van der Waals surface area contributed by atoms with E-state index in [-0.39, 0.29) is 0 Å². The van der Waals surface area contributed by atoms with Crippen LogP contribution in [0.25, 0.3) is 0 Å². The number of hydrogen-bond acceptors (Lipinski definition) is 5. The van der Waals surface area contributed by atoms with Crippen LogP contribution in [0.3, 0.4) is 0 Å². The Morgan fingerprint density at radius 2 is 2.24 bits per heavy atom. The maximum atomic E-state index is 11.6. The number of nitrogens with one attached hydrogen (secondary N) is 1. The predicted octanol–water partition coefficient (Wildman–Crippen LogP) is 2.34. The minimum Gasteiger partial charge on any atom is -0.463 e. The van der Waals surface area contributed by atoms with Gasteiger partial charge in [0.15, 0.2) is 0 Å². The summed E-state index contributed by atoms with van der Waals surface area (Å²) in [6.45, 7) is 9.06. The van der Waals surface area contributed by atoms with Crippen LogP contribution in [-0.4, -0.2) is 43.2 Å². The number of rotatable bonds is 5. The summed E-state index contributed by atoms with van der Waals surface area (Å²) < 4.78 is 10.4. The van der Waals surface area contributed by atoms with Crippen molar-refractivity contribution in [3.8, 4) is 0 Å². The molecule has 2 rings (SSSR count). The lowest BCUT2D eigenvalue weighted by atomic mass is 10.1. The summed E-state index contributed by atoms with van der Waals surface area (Å²) in [5, 5.41) is 3.58. The Morgan fingerprint density at radius 1 is 1.48 bits per heavy atom. The van der Waals surface area contributed by atoms with Crippen molar-refractivity contribution >= 4 is 5.97 Å². The molecule has 0 spiro atoms. The largest absolute Gasteiger partial charge is 0.463 e. The van der Waals surface area contributed by atoms with Gasteiger partial charge in [-0.3, -0.25) is 4.90 Å². The molecule has 2 heterocycles. The van der Waals surface area contributed by atoms with Gasteiger partial charge in [-0.05, 0) is 25.8 Å². The van der Waals surface area contributed by atoms with E-state index in [1.807, 2.05) is 13.0 Å². The fraction of sp³-hybridized carbons (Fsp3) is 0.688. The smallest absolute Gasteiger partial charge is 0.374 e. The highest BCUT2D eigenvalue weighted by Crippen LogP contribution is 2.20. The molecule has 0 amide bonds.